The van der Waals surface area contributed by atoms with Crippen molar-refractivity contribution in [2.45, 2.75) is 26.1 Å². The van der Waals surface area contributed by atoms with Gasteiger partial charge in [0.15, 0.2) is 0 Å². The van der Waals surface area contributed by atoms with Crippen LogP contribution in [0.25, 0.3) is 0 Å². The Kier molecular flexibility index (Phi) is 5.15. The highest BCUT2D eigenvalue weighted by Crippen LogP contribution is 2.28. The Hall–Kier alpha value is -1.57. The van der Waals surface area contributed by atoms with Crippen LogP contribution < -0.4 is 11.1 Å². The van der Waals surface area contributed by atoms with E-state index < -0.39 is 12.0 Å². The lowest BCUT2D eigenvalue weighted by molar-refractivity contribution is -0.144. The van der Waals surface area contributed by atoms with E-state index in [1.54, 1.807) is 0 Å². The summed E-state index contributed by atoms with van der Waals surface area (Å²) in [6.07, 6.45) is -4.61. The maximum Gasteiger partial charge on any atom is 0.451 e. The number of alkyl halides is 3. The van der Waals surface area contributed by atoms with Gasteiger partial charge in [-0.1, -0.05) is 13.8 Å². The van der Waals surface area contributed by atoms with Gasteiger partial charge in [0.1, 0.15) is 11.6 Å². The third-order valence-corrected chi connectivity index (χ3v) is 2.70. The quantitative estimate of drug-likeness (QED) is 0.869. The van der Waals surface area contributed by atoms with Gasteiger partial charge >= 0.3 is 6.18 Å². The van der Waals surface area contributed by atoms with Gasteiger partial charge < -0.3 is 16.0 Å². The molecule has 0 saturated carbocycles. The van der Waals surface area contributed by atoms with Crippen LogP contribution in [0.15, 0.2) is 6.07 Å². The van der Waals surface area contributed by atoms with Gasteiger partial charge in [0.2, 0.25) is 5.82 Å². The molecule has 3 N–H and O–H groups in total. The largest absolute Gasteiger partial charge is 0.451 e. The summed E-state index contributed by atoms with van der Waals surface area (Å²) in [5, 5.41) is 2.99. The summed E-state index contributed by atoms with van der Waals surface area (Å²) < 4.78 is 37.9. The molecule has 0 saturated heterocycles. The number of nitrogen functional groups attached to an aromatic ring is 1. The van der Waals surface area contributed by atoms with Gasteiger partial charge in [-0.3, -0.25) is 0 Å². The highest BCUT2D eigenvalue weighted by atomic mass is 19.4. The van der Waals surface area contributed by atoms with Crippen molar-refractivity contribution in [2.24, 2.45) is 5.92 Å². The van der Waals surface area contributed by atoms with Crippen LogP contribution in [-0.2, 0) is 6.18 Å². The Morgan fingerprint density at radius 2 is 1.90 bits per heavy atom. The lowest BCUT2D eigenvalue weighted by Crippen LogP contribution is -2.36. The molecular formula is C12H20F3N5. The minimum atomic E-state index is -4.61. The van der Waals surface area contributed by atoms with E-state index in [2.05, 4.69) is 15.3 Å². The second-order valence-corrected chi connectivity index (χ2v) is 5.26. The fourth-order valence-electron chi connectivity index (χ4n) is 1.67. The fraction of sp³-hybridized carbons (Fsp3) is 0.667. The third kappa shape index (κ3) is 4.84. The number of nitrogens with zero attached hydrogens (tertiary/aromatic N) is 3. The first-order valence-corrected chi connectivity index (χ1v) is 6.22. The number of halogens is 3. The average Bonchev–Trinajstić information content (AvgIpc) is 2.25. The molecule has 0 amide bonds. The molecule has 0 aliphatic rings. The molecule has 20 heavy (non-hydrogen) atoms. The second-order valence-electron chi connectivity index (χ2n) is 5.26. The Labute approximate surface area is 116 Å². The third-order valence-electron chi connectivity index (χ3n) is 2.70. The van der Waals surface area contributed by atoms with Crippen LogP contribution in [0.2, 0.25) is 0 Å². The van der Waals surface area contributed by atoms with Crippen molar-refractivity contribution in [3.8, 4) is 0 Å². The number of nitrogens with two attached hydrogens (primary N) is 1. The van der Waals surface area contributed by atoms with Gasteiger partial charge in [0.25, 0.3) is 0 Å². The van der Waals surface area contributed by atoms with Crippen molar-refractivity contribution in [3.05, 3.63) is 11.9 Å². The summed E-state index contributed by atoms with van der Waals surface area (Å²) in [7, 11) is 3.79. The van der Waals surface area contributed by atoms with Gasteiger partial charge in [-0.15, -0.1) is 0 Å². The van der Waals surface area contributed by atoms with E-state index in [4.69, 9.17) is 5.73 Å². The number of likely N-dealkylation sites (N-methyl/N-ethyl adjacent to an activating group) is 1. The van der Waals surface area contributed by atoms with Crippen molar-refractivity contribution < 1.29 is 13.2 Å². The second kappa shape index (κ2) is 6.25. The summed E-state index contributed by atoms with van der Waals surface area (Å²) in [6.45, 7) is 4.63. The van der Waals surface area contributed by atoms with Crippen molar-refractivity contribution in [2.75, 3.05) is 31.7 Å². The predicted octanol–water partition coefficient (Wildman–Crippen LogP) is 2.08. The van der Waals surface area contributed by atoms with Crippen molar-refractivity contribution in [1.29, 1.82) is 0 Å². The van der Waals surface area contributed by atoms with E-state index in [9.17, 15) is 13.2 Å². The molecule has 1 rings (SSSR count). The molecule has 1 atom stereocenters. The number of hydrogen-bond acceptors (Lipinski definition) is 5. The number of nitrogens with one attached hydrogen (secondary N) is 1. The summed E-state index contributed by atoms with van der Waals surface area (Å²) >= 11 is 0. The van der Waals surface area contributed by atoms with Gasteiger partial charge in [-0.2, -0.15) is 13.2 Å². The highest BCUT2D eigenvalue weighted by molar-refractivity contribution is 5.45. The van der Waals surface area contributed by atoms with Crippen molar-refractivity contribution >= 4 is 11.6 Å². The number of hydrogen-bond donors (Lipinski definition) is 2. The molecule has 0 aliphatic heterocycles. The first-order chi connectivity index (χ1) is 9.09. The zero-order chi connectivity index (χ0) is 15.5. The molecule has 8 heteroatoms. The van der Waals surface area contributed by atoms with E-state index in [1.165, 1.54) is 6.07 Å². The number of anilines is 2. The molecule has 1 heterocycles. The van der Waals surface area contributed by atoms with Crippen LogP contribution in [0.1, 0.15) is 19.7 Å². The van der Waals surface area contributed by atoms with Crippen molar-refractivity contribution in [1.82, 2.24) is 14.9 Å². The zero-order valence-electron chi connectivity index (χ0n) is 12.0. The minimum absolute atomic E-state index is 0.0413. The van der Waals surface area contributed by atoms with Gasteiger partial charge in [-0.05, 0) is 20.0 Å². The van der Waals surface area contributed by atoms with E-state index in [0.717, 1.165) is 0 Å². The summed E-state index contributed by atoms with van der Waals surface area (Å²) in [5.41, 5.74) is 5.41. The lowest BCUT2D eigenvalue weighted by atomic mass is 10.0. The van der Waals surface area contributed by atoms with Gasteiger partial charge in [-0.25, -0.2) is 9.97 Å². The van der Waals surface area contributed by atoms with E-state index in [0.29, 0.717) is 6.54 Å². The van der Waals surface area contributed by atoms with Crippen LogP contribution in [-0.4, -0.2) is 41.5 Å². The molecule has 5 nitrogen and oxygen atoms in total. The Balaban J connectivity index is 2.98. The first-order valence-electron chi connectivity index (χ1n) is 6.22. The number of aromatic nitrogens is 2. The molecule has 0 aliphatic carbocycles. The maximum atomic E-state index is 12.6. The normalized spacial score (nSPS) is 13.8. The molecular weight excluding hydrogens is 271 g/mol. The summed E-state index contributed by atoms with van der Waals surface area (Å²) in [5.74, 6) is -1.12. The van der Waals surface area contributed by atoms with Crippen LogP contribution in [0, 0.1) is 5.92 Å². The molecule has 114 valence electrons. The monoisotopic (exact) mass is 291 g/mol. The van der Waals surface area contributed by atoms with E-state index >= 15 is 0 Å². The fourth-order valence-corrected chi connectivity index (χ4v) is 1.67. The smallest absolute Gasteiger partial charge is 0.384 e. The molecule has 0 aromatic carbocycles. The van der Waals surface area contributed by atoms with Crippen LogP contribution in [0.5, 0.6) is 0 Å². The summed E-state index contributed by atoms with van der Waals surface area (Å²) in [4.78, 5) is 8.65. The molecule has 1 unspecified atom stereocenters. The molecule has 0 fully saturated rings. The molecule has 0 spiro atoms. The minimum Gasteiger partial charge on any atom is -0.384 e. The van der Waals surface area contributed by atoms with E-state index in [1.807, 2.05) is 32.8 Å². The molecule has 0 radical (unpaired) electrons. The molecule has 1 aromatic rings. The Morgan fingerprint density at radius 3 is 2.35 bits per heavy atom. The number of rotatable bonds is 5. The maximum absolute atomic E-state index is 12.6. The Morgan fingerprint density at radius 1 is 1.30 bits per heavy atom. The first kappa shape index (κ1) is 16.5. The SMILES string of the molecule is CC(C)C(CN(C)C)Nc1cc(N)nc(C(F)(F)F)n1. The average molecular weight is 291 g/mol. The van der Waals surface area contributed by atoms with Gasteiger partial charge in [0, 0.05) is 18.7 Å². The zero-order valence-corrected chi connectivity index (χ0v) is 12.0. The predicted molar refractivity (Wildman–Crippen MR) is 72.2 cm³/mol. The standard InChI is InChI=1S/C12H20F3N5/c1-7(2)8(6-20(3)4)17-10-5-9(16)18-11(19-10)12(13,14)15/h5,7-8H,6H2,1-4H3,(H3,16,17,18,19). The van der Waals surface area contributed by atoms with Crippen LogP contribution in [0.3, 0.4) is 0 Å². The summed E-state index contributed by atoms with van der Waals surface area (Å²) in [6, 6.07) is 1.26. The topological polar surface area (TPSA) is 67.1 Å². The van der Waals surface area contributed by atoms with Crippen molar-refractivity contribution in [3.63, 3.8) is 0 Å². The Bertz CT molecular complexity index is 445. The molecule has 1 aromatic heterocycles. The van der Waals surface area contributed by atoms with Crippen LogP contribution in [0.4, 0.5) is 24.8 Å². The van der Waals surface area contributed by atoms with E-state index in [-0.39, 0.29) is 23.6 Å². The van der Waals surface area contributed by atoms with Gasteiger partial charge in [0.05, 0.1) is 0 Å². The highest BCUT2D eigenvalue weighted by Gasteiger charge is 2.35. The van der Waals surface area contributed by atoms with Crippen LogP contribution >= 0.6 is 0 Å². The molecule has 0 bridgehead atoms. The lowest BCUT2D eigenvalue weighted by Gasteiger charge is -2.26.